The first-order chi connectivity index (χ1) is 13.8. The number of hydrogen-bond donors (Lipinski definition) is 2. The number of halogens is 1. The van der Waals surface area contributed by atoms with E-state index < -0.39 is 27.9 Å². The minimum atomic E-state index is -3.58. The summed E-state index contributed by atoms with van der Waals surface area (Å²) in [4.78, 5) is 24.5. The second-order valence-corrected chi connectivity index (χ2v) is 8.93. The zero-order valence-electron chi connectivity index (χ0n) is 15.7. The molecule has 2 aromatic rings. The van der Waals surface area contributed by atoms with E-state index in [1.165, 1.54) is 31.4 Å². The first-order valence-electron chi connectivity index (χ1n) is 9.04. The van der Waals surface area contributed by atoms with E-state index >= 15 is 0 Å². The van der Waals surface area contributed by atoms with Crippen LogP contribution in [0.5, 0.6) is 0 Å². The van der Waals surface area contributed by atoms with Gasteiger partial charge in [0.05, 0.1) is 24.5 Å². The molecule has 1 atom stereocenters. The highest BCUT2D eigenvalue weighted by Gasteiger charge is 2.28. The van der Waals surface area contributed by atoms with Crippen molar-refractivity contribution in [1.29, 1.82) is 0 Å². The lowest BCUT2D eigenvalue weighted by Crippen LogP contribution is -2.30. The predicted molar refractivity (Wildman–Crippen MR) is 108 cm³/mol. The van der Waals surface area contributed by atoms with E-state index in [1.807, 2.05) is 0 Å². The Morgan fingerprint density at radius 3 is 2.28 bits per heavy atom. The third-order valence-electron chi connectivity index (χ3n) is 4.50. The zero-order valence-corrected chi connectivity index (χ0v) is 17.3. The Balaban J connectivity index is 1.74. The maximum atomic E-state index is 12.7. The highest BCUT2D eigenvalue weighted by molar-refractivity contribution is 7.89. The van der Waals surface area contributed by atoms with Gasteiger partial charge in [0.1, 0.15) is 0 Å². The van der Waals surface area contributed by atoms with Crippen molar-refractivity contribution in [3.8, 4) is 0 Å². The topological polar surface area (TPSA) is 102 Å². The van der Waals surface area contributed by atoms with Gasteiger partial charge in [0, 0.05) is 16.6 Å². The number of rotatable bonds is 8. The molecule has 0 bridgehead atoms. The monoisotopic (exact) mass is 436 g/mol. The molecule has 0 heterocycles. The molecule has 1 saturated carbocycles. The molecule has 0 unspecified atom stereocenters. The number of carbonyl (C=O) groups is 2. The Kier molecular flexibility index (Phi) is 6.56. The summed E-state index contributed by atoms with van der Waals surface area (Å²) in [6.45, 7) is 0. The molecular weight excluding hydrogens is 416 g/mol. The highest BCUT2D eigenvalue weighted by atomic mass is 35.5. The first kappa shape index (κ1) is 21.3. The number of amides is 1. The van der Waals surface area contributed by atoms with Crippen molar-refractivity contribution < 1.29 is 22.7 Å². The van der Waals surface area contributed by atoms with Crippen LogP contribution in [0.3, 0.4) is 0 Å². The SMILES string of the molecule is COC(=O)C[C@@H](NC(=O)c1ccc(S(=O)(=O)NC2CC2)cc1)c1ccc(Cl)cc1. The van der Waals surface area contributed by atoms with Gasteiger partial charge in [0.15, 0.2) is 0 Å². The first-order valence-corrected chi connectivity index (χ1v) is 10.9. The third-order valence-corrected chi connectivity index (χ3v) is 6.29. The van der Waals surface area contributed by atoms with Crippen molar-refractivity contribution >= 4 is 33.5 Å². The number of esters is 1. The summed E-state index contributed by atoms with van der Waals surface area (Å²) in [6.07, 6.45) is 1.62. The van der Waals surface area contributed by atoms with Crippen LogP contribution >= 0.6 is 11.6 Å². The summed E-state index contributed by atoms with van der Waals surface area (Å²) in [5.74, 6) is -0.911. The van der Waals surface area contributed by atoms with Gasteiger partial charge in [-0.05, 0) is 54.8 Å². The molecular formula is C20H21ClN2O5S. The Labute approximate surface area is 174 Å². The minimum absolute atomic E-state index is 0.00132. The fourth-order valence-corrected chi connectivity index (χ4v) is 4.14. The molecule has 1 aliphatic rings. The molecule has 0 spiro atoms. The molecule has 154 valence electrons. The van der Waals surface area contributed by atoms with Crippen LogP contribution in [0.2, 0.25) is 5.02 Å². The normalized spacial score (nSPS) is 14.8. The number of sulfonamides is 1. The van der Waals surface area contributed by atoms with Crippen molar-refractivity contribution in [3.05, 3.63) is 64.7 Å². The van der Waals surface area contributed by atoms with Crippen LogP contribution in [0.25, 0.3) is 0 Å². The zero-order chi connectivity index (χ0) is 21.0. The van der Waals surface area contributed by atoms with E-state index in [4.69, 9.17) is 16.3 Å². The maximum Gasteiger partial charge on any atom is 0.307 e. The van der Waals surface area contributed by atoms with Gasteiger partial charge in [0.2, 0.25) is 10.0 Å². The van der Waals surface area contributed by atoms with Crippen molar-refractivity contribution in [2.24, 2.45) is 0 Å². The molecule has 0 radical (unpaired) electrons. The van der Waals surface area contributed by atoms with E-state index in [2.05, 4.69) is 10.0 Å². The van der Waals surface area contributed by atoms with E-state index in [-0.39, 0.29) is 22.9 Å². The Morgan fingerprint density at radius 2 is 1.72 bits per heavy atom. The number of ether oxygens (including phenoxy) is 1. The van der Waals surface area contributed by atoms with Crippen LogP contribution in [-0.2, 0) is 19.6 Å². The average Bonchev–Trinajstić information content (AvgIpc) is 3.51. The molecule has 3 rings (SSSR count). The van der Waals surface area contributed by atoms with Gasteiger partial charge in [-0.3, -0.25) is 9.59 Å². The fourth-order valence-electron chi connectivity index (χ4n) is 2.71. The lowest BCUT2D eigenvalue weighted by atomic mass is 10.0. The van der Waals surface area contributed by atoms with E-state index in [1.54, 1.807) is 24.3 Å². The van der Waals surface area contributed by atoms with E-state index in [0.29, 0.717) is 10.6 Å². The lowest BCUT2D eigenvalue weighted by molar-refractivity contribution is -0.141. The molecule has 2 aromatic carbocycles. The quantitative estimate of drug-likeness (QED) is 0.619. The number of benzene rings is 2. The third kappa shape index (κ3) is 5.79. The van der Waals surface area contributed by atoms with Crippen molar-refractivity contribution in [2.75, 3.05) is 7.11 Å². The fraction of sp³-hybridized carbons (Fsp3) is 0.300. The van der Waals surface area contributed by atoms with Gasteiger partial charge in [-0.25, -0.2) is 13.1 Å². The molecule has 0 aromatic heterocycles. The number of methoxy groups -OCH3 is 1. The summed E-state index contributed by atoms with van der Waals surface area (Å²) in [6, 6.07) is 11.8. The van der Waals surface area contributed by atoms with Crippen LogP contribution < -0.4 is 10.0 Å². The molecule has 9 heteroatoms. The van der Waals surface area contributed by atoms with E-state index in [0.717, 1.165) is 12.8 Å². The number of hydrogen-bond acceptors (Lipinski definition) is 5. The number of carbonyl (C=O) groups excluding carboxylic acids is 2. The predicted octanol–water partition coefficient (Wildman–Crippen LogP) is 2.81. The Morgan fingerprint density at radius 1 is 1.10 bits per heavy atom. The van der Waals surface area contributed by atoms with Crippen LogP contribution in [0.1, 0.15) is 41.2 Å². The molecule has 1 amide bonds. The molecule has 7 nitrogen and oxygen atoms in total. The molecule has 1 aliphatic carbocycles. The van der Waals surface area contributed by atoms with Crippen molar-refractivity contribution in [2.45, 2.75) is 36.2 Å². The number of nitrogens with one attached hydrogen (secondary N) is 2. The summed E-state index contributed by atoms with van der Waals surface area (Å²) >= 11 is 5.90. The Bertz CT molecular complexity index is 987. The Hall–Kier alpha value is -2.42. The summed E-state index contributed by atoms with van der Waals surface area (Å²) in [5, 5.41) is 3.32. The molecule has 0 aliphatic heterocycles. The van der Waals surface area contributed by atoms with Gasteiger partial charge in [-0.2, -0.15) is 0 Å². The van der Waals surface area contributed by atoms with Crippen LogP contribution in [0.4, 0.5) is 0 Å². The second-order valence-electron chi connectivity index (χ2n) is 6.78. The second kappa shape index (κ2) is 8.94. The maximum absolute atomic E-state index is 12.7. The largest absolute Gasteiger partial charge is 0.469 e. The smallest absolute Gasteiger partial charge is 0.307 e. The van der Waals surface area contributed by atoms with Gasteiger partial charge in [0.25, 0.3) is 5.91 Å². The van der Waals surface area contributed by atoms with Gasteiger partial charge >= 0.3 is 5.97 Å². The summed E-state index contributed by atoms with van der Waals surface area (Å²) < 4.78 is 31.8. The van der Waals surface area contributed by atoms with Crippen LogP contribution in [-0.4, -0.2) is 33.4 Å². The minimum Gasteiger partial charge on any atom is -0.469 e. The summed E-state index contributed by atoms with van der Waals surface area (Å²) in [7, 11) is -2.31. The van der Waals surface area contributed by atoms with Crippen LogP contribution in [0.15, 0.2) is 53.4 Å². The lowest BCUT2D eigenvalue weighted by Gasteiger charge is -2.18. The van der Waals surface area contributed by atoms with Gasteiger partial charge < -0.3 is 10.1 Å². The van der Waals surface area contributed by atoms with Gasteiger partial charge in [-0.1, -0.05) is 23.7 Å². The molecule has 2 N–H and O–H groups in total. The molecule has 0 saturated heterocycles. The molecule has 29 heavy (non-hydrogen) atoms. The van der Waals surface area contributed by atoms with Crippen molar-refractivity contribution in [3.63, 3.8) is 0 Å². The average molecular weight is 437 g/mol. The van der Waals surface area contributed by atoms with Crippen LogP contribution in [0, 0.1) is 0 Å². The van der Waals surface area contributed by atoms with Gasteiger partial charge in [-0.15, -0.1) is 0 Å². The van der Waals surface area contributed by atoms with Crippen molar-refractivity contribution in [1.82, 2.24) is 10.0 Å². The standard InChI is InChI=1S/C20H21ClN2O5S/c1-28-19(24)12-18(13-2-6-15(21)7-3-13)22-20(25)14-4-10-17(11-5-14)29(26,27)23-16-8-9-16/h2-7,10-11,16,18,23H,8-9,12H2,1H3,(H,22,25)/t18-/m1/s1. The summed E-state index contributed by atoms with van der Waals surface area (Å²) in [5.41, 5.74) is 0.972. The van der Waals surface area contributed by atoms with E-state index in [9.17, 15) is 18.0 Å². The molecule has 1 fully saturated rings. The highest BCUT2D eigenvalue weighted by Crippen LogP contribution is 2.23.